The fourth-order valence-corrected chi connectivity index (χ4v) is 5.47. The fourth-order valence-electron chi connectivity index (χ4n) is 4.29. The molecule has 2 aromatic heterocycles. The first-order chi connectivity index (χ1) is 14.3. The van der Waals surface area contributed by atoms with E-state index in [2.05, 4.69) is 77.8 Å². The maximum Gasteiger partial charge on any atom is 0.101 e. The van der Waals surface area contributed by atoms with Gasteiger partial charge in [0.2, 0.25) is 0 Å². The van der Waals surface area contributed by atoms with Gasteiger partial charge >= 0.3 is 0 Å². The molecule has 6 rings (SSSR count). The Bertz CT molecular complexity index is 1620. The van der Waals surface area contributed by atoms with Crippen molar-refractivity contribution in [3.05, 3.63) is 90.8 Å². The molecule has 0 N–H and O–H groups in total. The summed E-state index contributed by atoms with van der Waals surface area (Å²) in [6, 6.07) is 28.0. The molecule has 29 heavy (non-hydrogen) atoms. The maximum absolute atomic E-state index is 9.30. The van der Waals surface area contributed by atoms with Crippen LogP contribution in [0.25, 0.3) is 52.8 Å². The van der Waals surface area contributed by atoms with Gasteiger partial charge in [0, 0.05) is 38.1 Å². The van der Waals surface area contributed by atoms with Crippen molar-refractivity contribution in [1.29, 1.82) is 5.26 Å². The monoisotopic (exact) mass is 386 g/mol. The van der Waals surface area contributed by atoms with Crippen molar-refractivity contribution in [3.8, 4) is 17.2 Å². The molecule has 0 saturated carbocycles. The second-order valence-electron chi connectivity index (χ2n) is 7.18. The van der Waals surface area contributed by atoms with E-state index in [4.69, 9.17) is 0 Å². The highest BCUT2D eigenvalue weighted by Crippen LogP contribution is 2.44. The van der Waals surface area contributed by atoms with Gasteiger partial charge in [-0.25, -0.2) is 0 Å². The van der Waals surface area contributed by atoms with Crippen molar-refractivity contribution in [3.63, 3.8) is 0 Å². The molecule has 2 heterocycles. The average molecular weight is 386 g/mol. The highest BCUT2D eigenvalue weighted by Gasteiger charge is 2.15. The molecule has 0 spiro atoms. The molecule has 0 aliphatic heterocycles. The topological polar surface area (TPSA) is 36.7 Å². The minimum Gasteiger partial charge on any atom is -0.263 e. The number of nitrogens with zero attached hydrogens (tertiary/aromatic N) is 2. The van der Waals surface area contributed by atoms with Crippen LogP contribution in [-0.2, 0) is 0 Å². The Morgan fingerprint density at radius 3 is 2.34 bits per heavy atom. The summed E-state index contributed by atoms with van der Waals surface area (Å²) in [5, 5.41) is 16.9. The van der Waals surface area contributed by atoms with Crippen LogP contribution in [0.1, 0.15) is 5.56 Å². The normalized spacial score (nSPS) is 11.4. The number of hydrogen-bond donors (Lipinski definition) is 0. The highest BCUT2D eigenvalue weighted by atomic mass is 32.1. The lowest BCUT2D eigenvalue weighted by atomic mass is 9.94. The Labute approximate surface area is 171 Å². The first kappa shape index (κ1) is 16.2. The zero-order valence-corrected chi connectivity index (χ0v) is 16.2. The van der Waals surface area contributed by atoms with E-state index in [9.17, 15) is 5.26 Å². The number of benzene rings is 4. The van der Waals surface area contributed by atoms with Gasteiger partial charge in [0.15, 0.2) is 0 Å². The molecular formula is C26H14N2S. The standard InChI is InChI=1S/C26H14N2S/c27-13-16-11-18(15-28-14-16)22-12-24-26(21-8-4-3-7-20(21)22)25-19-6-2-1-5-17(19)9-10-23(25)29-24/h1-12,14-15H. The minimum absolute atomic E-state index is 0.578. The van der Waals surface area contributed by atoms with Gasteiger partial charge in [0.1, 0.15) is 6.07 Å². The van der Waals surface area contributed by atoms with Crippen LogP contribution in [0.4, 0.5) is 0 Å². The van der Waals surface area contributed by atoms with Crippen molar-refractivity contribution in [2.24, 2.45) is 0 Å². The Hall–Kier alpha value is -3.74. The first-order valence-electron chi connectivity index (χ1n) is 9.45. The molecule has 0 saturated heterocycles. The molecule has 4 aromatic carbocycles. The summed E-state index contributed by atoms with van der Waals surface area (Å²) in [7, 11) is 0. The third-order valence-electron chi connectivity index (χ3n) is 5.55. The molecular weight excluding hydrogens is 372 g/mol. The molecule has 0 aliphatic carbocycles. The Morgan fingerprint density at radius 1 is 0.724 bits per heavy atom. The van der Waals surface area contributed by atoms with Crippen molar-refractivity contribution in [2.75, 3.05) is 0 Å². The summed E-state index contributed by atoms with van der Waals surface area (Å²) in [5.41, 5.74) is 2.67. The van der Waals surface area contributed by atoms with E-state index in [0.717, 1.165) is 11.1 Å². The average Bonchev–Trinajstić information content (AvgIpc) is 3.18. The molecule has 0 fully saturated rings. The van der Waals surface area contributed by atoms with Crippen LogP contribution in [0.2, 0.25) is 0 Å². The van der Waals surface area contributed by atoms with Crippen LogP contribution in [0.15, 0.2) is 85.2 Å². The van der Waals surface area contributed by atoms with E-state index in [1.54, 1.807) is 6.20 Å². The van der Waals surface area contributed by atoms with Crippen molar-refractivity contribution >= 4 is 53.1 Å². The predicted molar refractivity (Wildman–Crippen MR) is 122 cm³/mol. The van der Waals surface area contributed by atoms with Gasteiger partial charge < -0.3 is 0 Å². The van der Waals surface area contributed by atoms with Crippen LogP contribution in [0.3, 0.4) is 0 Å². The van der Waals surface area contributed by atoms with Gasteiger partial charge in [0.25, 0.3) is 0 Å². The van der Waals surface area contributed by atoms with Crippen molar-refractivity contribution < 1.29 is 0 Å². The number of fused-ring (bicyclic) bond motifs is 7. The summed E-state index contributed by atoms with van der Waals surface area (Å²) < 4.78 is 2.55. The SMILES string of the molecule is N#Cc1cncc(-c2cc3sc4ccc5ccccc5c4c3c3ccccc23)c1. The molecule has 0 unspecified atom stereocenters. The van der Waals surface area contributed by atoms with E-state index in [1.807, 2.05) is 23.6 Å². The smallest absolute Gasteiger partial charge is 0.101 e. The number of pyridine rings is 1. The zero-order chi connectivity index (χ0) is 19.4. The first-order valence-corrected chi connectivity index (χ1v) is 10.3. The highest BCUT2D eigenvalue weighted by molar-refractivity contribution is 7.26. The molecule has 6 aromatic rings. The van der Waals surface area contributed by atoms with Gasteiger partial charge in [-0.05, 0) is 45.3 Å². The number of nitriles is 1. The predicted octanol–water partition coefficient (Wildman–Crippen LogP) is 7.29. The van der Waals surface area contributed by atoms with E-state index in [1.165, 1.54) is 41.7 Å². The van der Waals surface area contributed by atoms with E-state index in [-0.39, 0.29) is 0 Å². The van der Waals surface area contributed by atoms with Crippen LogP contribution in [0, 0.1) is 11.3 Å². The summed E-state index contributed by atoms with van der Waals surface area (Å²) in [6.07, 6.45) is 3.45. The van der Waals surface area contributed by atoms with Gasteiger partial charge in [-0.3, -0.25) is 4.98 Å². The van der Waals surface area contributed by atoms with E-state index < -0.39 is 0 Å². The molecule has 0 aliphatic rings. The second kappa shape index (κ2) is 6.13. The number of aromatic nitrogens is 1. The molecule has 0 amide bonds. The third-order valence-corrected chi connectivity index (χ3v) is 6.65. The van der Waals surface area contributed by atoms with E-state index >= 15 is 0 Å². The Balaban J connectivity index is 1.82. The summed E-state index contributed by atoms with van der Waals surface area (Å²) >= 11 is 1.82. The van der Waals surface area contributed by atoms with Crippen LogP contribution in [-0.4, -0.2) is 4.98 Å². The molecule has 3 heteroatoms. The second-order valence-corrected chi connectivity index (χ2v) is 8.26. The summed E-state index contributed by atoms with van der Waals surface area (Å²) in [4.78, 5) is 4.28. The Morgan fingerprint density at radius 2 is 1.48 bits per heavy atom. The van der Waals surface area contributed by atoms with Crippen molar-refractivity contribution in [1.82, 2.24) is 4.98 Å². The van der Waals surface area contributed by atoms with Gasteiger partial charge in [-0.1, -0.05) is 54.6 Å². The minimum atomic E-state index is 0.578. The molecule has 0 atom stereocenters. The maximum atomic E-state index is 9.30. The molecule has 2 nitrogen and oxygen atoms in total. The lowest BCUT2D eigenvalue weighted by molar-refractivity contribution is 1.30. The number of hydrogen-bond acceptors (Lipinski definition) is 3. The van der Waals surface area contributed by atoms with Crippen LogP contribution < -0.4 is 0 Å². The summed E-state index contributed by atoms with van der Waals surface area (Å²) in [6.45, 7) is 0. The number of rotatable bonds is 1. The lowest BCUT2D eigenvalue weighted by Crippen LogP contribution is -1.86. The van der Waals surface area contributed by atoms with Gasteiger partial charge in [-0.2, -0.15) is 5.26 Å². The lowest BCUT2D eigenvalue weighted by Gasteiger charge is -2.09. The zero-order valence-electron chi connectivity index (χ0n) is 15.4. The fraction of sp³-hybridized carbons (Fsp3) is 0. The summed E-state index contributed by atoms with van der Waals surface area (Å²) in [5.74, 6) is 0. The van der Waals surface area contributed by atoms with E-state index in [0.29, 0.717) is 5.56 Å². The molecule has 0 radical (unpaired) electrons. The van der Waals surface area contributed by atoms with Gasteiger partial charge in [-0.15, -0.1) is 11.3 Å². The van der Waals surface area contributed by atoms with Crippen molar-refractivity contribution in [2.45, 2.75) is 0 Å². The largest absolute Gasteiger partial charge is 0.263 e. The van der Waals surface area contributed by atoms with Gasteiger partial charge in [0.05, 0.1) is 5.56 Å². The Kier molecular flexibility index (Phi) is 3.43. The van der Waals surface area contributed by atoms with Crippen LogP contribution in [0.5, 0.6) is 0 Å². The molecule has 0 bridgehead atoms. The molecule has 134 valence electrons. The quantitative estimate of drug-likeness (QED) is 0.297. The number of thiophene rings is 1. The third kappa shape index (κ3) is 2.37. The van der Waals surface area contributed by atoms with Crippen LogP contribution >= 0.6 is 11.3 Å².